The van der Waals surface area contributed by atoms with Crippen molar-refractivity contribution in [3.63, 3.8) is 0 Å². The Labute approximate surface area is 108 Å². The molecule has 100 valence electrons. The monoisotopic (exact) mass is 251 g/mol. The first-order valence-electron chi connectivity index (χ1n) is 6.66. The van der Waals surface area contributed by atoms with E-state index in [0.29, 0.717) is 6.61 Å². The topological polar surface area (TPSA) is 47.4 Å². The van der Waals surface area contributed by atoms with Gasteiger partial charge in [-0.25, -0.2) is 0 Å². The van der Waals surface area contributed by atoms with E-state index in [2.05, 4.69) is 10.00 Å². The maximum atomic E-state index is 11.6. The number of esters is 1. The molecule has 0 atom stereocenters. The third kappa shape index (κ3) is 3.57. The number of nitrogens with zero attached hydrogens (tertiary/aromatic N) is 3. The fourth-order valence-corrected chi connectivity index (χ4v) is 2.33. The molecule has 2 rings (SSSR count). The van der Waals surface area contributed by atoms with Crippen molar-refractivity contribution in [2.24, 2.45) is 5.92 Å². The Kier molecular flexibility index (Phi) is 4.75. The first-order valence-corrected chi connectivity index (χ1v) is 6.66. The number of hydrogen-bond donors (Lipinski definition) is 0. The molecule has 0 saturated carbocycles. The summed E-state index contributed by atoms with van der Waals surface area (Å²) < 4.78 is 7.01. The highest BCUT2D eigenvalue weighted by Gasteiger charge is 2.25. The van der Waals surface area contributed by atoms with Gasteiger partial charge in [0.1, 0.15) is 0 Å². The zero-order valence-corrected chi connectivity index (χ0v) is 10.9. The predicted octanol–water partition coefficient (Wildman–Crippen LogP) is 1.16. The zero-order valence-electron chi connectivity index (χ0n) is 10.9. The smallest absolute Gasteiger partial charge is 0.309 e. The number of ether oxygens (including phenoxy) is 1. The van der Waals surface area contributed by atoms with Gasteiger partial charge in [-0.1, -0.05) is 0 Å². The summed E-state index contributed by atoms with van der Waals surface area (Å²) in [6.45, 7) is 6.21. The molecule has 1 aromatic rings. The minimum absolute atomic E-state index is 0.0239. The van der Waals surface area contributed by atoms with Crippen LogP contribution in [0.1, 0.15) is 19.8 Å². The quantitative estimate of drug-likeness (QED) is 0.737. The number of likely N-dealkylation sites (tertiary alicyclic amines) is 1. The summed E-state index contributed by atoms with van der Waals surface area (Å²) >= 11 is 0. The highest BCUT2D eigenvalue weighted by molar-refractivity contribution is 5.72. The molecule has 18 heavy (non-hydrogen) atoms. The molecule has 0 aromatic carbocycles. The number of aromatic nitrogens is 2. The minimum Gasteiger partial charge on any atom is -0.466 e. The Balaban J connectivity index is 1.68. The van der Waals surface area contributed by atoms with Crippen molar-refractivity contribution < 1.29 is 9.53 Å². The third-order valence-corrected chi connectivity index (χ3v) is 3.41. The van der Waals surface area contributed by atoms with Gasteiger partial charge in [-0.05, 0) is 38.9 Å². The van der Waals surface area contributed by atoms with E-state index < -0.39 is 0 Å². The summed E-state index contributed by atoms with van der Waals surface area (Å²) in [5, 5.41) is 4.18. The molecule has 1 saturated heterocycles. The van der Waals surface area contributed by atoms with E-state index in [-0.39, 0.29) is 11.9 Å². The van der Waals surface area contributed by atoms with Crippen molar-refractivity contribution >= 4 is 5.97 Å². The van der Waals surface area contributed by atoms with Gasteiger partial charge in [-0.15, -0.1) is 0 Å². The molecule has 5 heteroatoms. The van der Waals surface area contributed by atoms with E-state index in [4.69, 9.17) is 4.74 Å². The van der Waals surface area contributed by atoms with Gasteiger partial charge in [0.05, 0.1) is 19.1 Å². The molecular formula is C13H21N3O2. The molecule has 0 spiro atoms. The molecule has 0 amide bonds. The van der Waals surface area contributed by atoms with Gasteiger partial charge in [0, 0.05) is 18.9 Å². The maximum Gasteiger partial charge on any atom is 0.309 e. The van der Waals surface area contributed by atoms with Crippen LogP contribution >= 0.6 is 0 Å². The summed E-state index contributed by atoms with van der Waals surface area (Å²) in [4.78, 5) is 14.0. The van der Waals surface area contributed by atoms with E-state index >= 15 is 0 Å². The summed E-state index contributed by atoms with van der Waals surface area (Å²) in [6.07, 6.45) is 5.61. The van der Waals surface area contributed by atoms with Crippen LogP contribution in [0.2, 0.25) is 0 Å². The van der Waals surface area contributed by atoms with E-state index in [1.54, 1.807) is 6.20 Å². The second-order valence-electron chi connectivity index (χ2n) is 4.64. The van der Waals surface area contributed by atoms with Crippen molar-refractivity contribution in [3.8, 4) is 0 Å². The number of carbonyl (C=O) groups is 1. The van der Waals surface area contributed by atoms with Gasteiger partial charge in [-0.3, -0.25) is 9.48 Å². The van der Waals surface area contributed by atoms with Crippen LogP contribution in [-0.2, 0) is 16.1 Å². The molecule has 0 unspecified atom stereocenters. The fourth-order valence-electron chi connectivity index (χ4n) is 2.33. The lowest BCUT2D eigenvalue weighted by atomic mass is 9.97. The number of piperidine rings is 1. The van der Waals surface area contributed by atoms with Gasteiger partial charge >= 0.3 is 5.97 Å². The maximum absolute atomic E-state index is 11.6. The van der Waals surface area contributed by atoms with Gasteiger partial charge < -0.3 is 9.64 Å². The van der Waals surface area contributed by atoms with Crippen LogP contribution in [0.15, 0.2) is 18.5 Å². The normalized spacial score (nSPS) is 17.8. The van der Waals surface area contributed by atoms with Crippen LogP contribution in [0.5, 0.6) is 0 Å². The summed E-state index contributed by atoms with van der Waals surface area (Å²) in [6, 6.07) is 1.94. The van der Waals surface area contributed by atoms with Crippen molar-refractivity contribution in [2.75, 3.05) is 26.2 Å². The Bertz CT molecular complexity index is 356. The molecule has 1 fully saturated rings. The molecule has 0 radical (unpaired) electrons. The number of carbonyl (C=O) groups excluding carboxylic acids is 1. The van der Waals surface area contributed by atoms with Crippen LogP contribution in [0.4, 0.5) is 0 Å². The van der Waals surface area contributed by atoms with E-state index in [9.17, 15) is 4.79 Å². The first-order chi connectivity index (χ1) is 8.79. The summed E-state index contributed by atoms with van der Waals surface area (Å²) in [7, 11) is 0. The lowest BCUT2D eigenvalue weighted by molar-refractivity contribution is -0.149. The fraction of sp³-hybridized carbons (Fsp3) is 0.692. The molecule has 0 N–H and O–H groups in total. The van der Waals surface area contributed by atoms with Crippen LogP contribution in [0.3, 0.4) is 0 Å². The average Bonchev–Trinajstić information content (AvgIpc) is 2.90. The van der Waals surface area contributed by atoms with Crippen molar-refractivity contribution in [1.82, 2.24) is 14.7 Å². The molecule has 1 aromatic heterocycles. The molecule has 1 aliphatic heterocycles. The lowest BCUT2D eigenvalue weighted by Crippen LogP contribution is -2.38. The van der Waals surface area contributed by atoms with Gasteiger partial charge in [-0.2, -0.15) is 5.10 Å². The number of rotatable bonds is 5. The highest BCUT2D eigenvalue weighted by atomic mass is 16.5. The SMILES string of the molecule is CCOC(=O)C1CCN(CCn2cccn2)CC1. The molecular weight excluding hydrogens is 230 g/mol. The predicted molar refractivity (Wildman–Crippen MR) is 68.0 cm³/mol. The summed E-state index contributed by atoms with van der Waals surface area (Å²) in [5.74, 6) is 0.0788. The summed E-state index contributed by atoms with van der Waals surface area (Å²) in [5.41, 5.74) is 0. The van der Waals surface area contributed by atoms with Crippen molar-refractivity contribution in [3.05, 3.63) is 18.5 Å². The van der Waals surface area contributed by atoms with E-state index in [1.807, 2.05) is 23.9 Å². The van der Waals surface area contributed by atoms with E-state index in [0.717, 1.165) is 39.0 Å². The Morgan fingerprint density at radius 2 is 2.17 bits per heavy atom. The van der Waals surface area contributed by atoms with Crippen molar-refractivity contribution in [2.45, 2.75) is 26.3 Å². The van der Waals surface area contributed by atoms with Crippen LogP contribution in [0, 0.1) is 5.92 Å². The molecule has 2 heterocycles. The Morgan fingerprint density at radius 1 is 1.39 bits per heavy atom. The highest BCUT2D eigenvalue weighted by Crippen LogP contribution is 2.18. The Hall–Kier alpha value is -1.36. The van der Waals surface area contributed by atoms with Gasteiger partial charge in [0.25, 0.3) is 0 Å². The van der Waals surface area contributed by atoms with Gasteiger partial charge in [0.15, 0.2) is 0 Å². The molecule has 5 nitrogen and oxygen atoms in total. The zero-order chi connectivity index (χ0) is 12.8. The third-order valence-electron chi connectivity index (χ3n) is 3.41. The second kappa shape index (κ2) is 6.54. The van der Waals surface area contributed by atoms with E-state index in [1.165, 1.54) is 0 Å². The largest absolute Gasteiger partial charge is 0.466 e. The van der Waals surface area contributed by atoms with Crippen LogP contribution in [0.25, 0.3) is 0 Å². The molecule has 0 bridgehead atoms. The molecule has 0 aliphatic carbocycles. The minimum atomic E-state index is -0.0239. The van der Waals surface area contributed by atoms with Crippen LogP contribution < -0.4 is 0 Å². The van der Waals surface area contributed by atoms with Gasteiger partial charge in [0.2, 0.25) is 0 Å². The average molecular weight is 251 g/mol. The second-order valence-corrected chi connectivity index (χ2v) is 4.64. The lowest BCUT2D eigenvalue weighted by Gasteiger charge is -2.30. The standard InChI is InChI=1S/C13H21N3O2/c1-2-18-13(17)12-4-8-15(9-5-12)10-11-16-7-3-6-14-16/h3,6-7,12H,2,4-5,8-11H2,1H3. The van der Waals surface area contributed by atoms with Crippen molar-refractivity contribution in [1.29, 1.82) is 0 Å². The van der Waals surface area contributed by atoms with Crippen LogP contribution in [-0.4, -0.2) is 46.9 Å². The molecule has 1 aliphatic rings. The number of hydrogen-bond acceptors (Lipinski definition) is 4. The Morgan fingerprint density at radius 3 is 2.78 bits per heavy atom. The first kappa shape index (κ1) is 13.1.